The summed E-state index contributed by atoms with van der Waals surface area (Å²) in [7, 11) is 1.27. The number of hydrogen-bond acceptors (Lipinski definition) is 4. The molecule has 0 aliphatic carbocycles. The number of carbonyl (C=O) groups is 2. The number of nitrogens with zero attached hydrogens (tertiary/aromatic N) is 4. The third-order valence-corrected chi connectivity index (χ3v) is 3.88. The fraction of sp³-hybridized carbons (Fsp3) is 0.429. The molecule has 0 bridgehead atoms. The van der Waals surface area contributed by atoms with E-state index in [0.29, 0.717) is 5.69 Å². The molecule has 2 unspecified atom stereocenters. The molecule has 0 saturated carbocycles. The van der Waals surface area contributed by atoms with E-state index in [0.717, 1.165) is 5.56 Å². The molecule has 0 N–H and O–H groups in total. The van der Waals surface area contributed by atoms with Gasteiger partial charge < -0.3 is 4.74 Å². The molecular formula is C14H16N4O3. The Kier molecular flexibility index (Phi) is 3.86. The molecule has 2 rings (SSSR count). The van der Waals surface area contributed by atoms with Gasteiger partial charge in [-0.15, -0.1) is 0 Å². The lowest BCUT2D eigenvalue weighted by Gasteiger charge is -2.53. The summed E-state index contributed by atoms with van der Waals surface area (Å²) >= 11 is 0. The van der Waals surface area contributed by atoms with Crippen molar-refractivity contribution in [2.75, 3.05) is 18.6 Å². The molecule has 1 aliphatic rings. The molecule has 0 spiro atoms. The van der Waals surface area contributed by atoms with Crippen LogP contribution in [-0.4, -0.2) is 31.1 Å². The van der Waals surface area contributed by atoms with Crippen molar-refractivity contribution in [1.29, 1.82) is 0 Å². The Morgan fingerprint density at radius 3 is 2.62 bits per heavy atom. The Bertz CT molecular complexity index is 622. The van der Waals surface area contributed by atoms with Gasteiger partial charge in [-0.1, -0.05) is 22.8 Å². The molecule has 1 saturated heterocycles. The van der Waals surface area contributed by atoms with Crippen LogP contribution in [0, 0.1) is 12.8 Å². The molecule has 1 aliphatic heterocycles. The molecule has 1 fully saturated rings. The molecule has 7 nitrogen and oxygen atoms in total. The van der Waals surface area contributed by atoms with Gasteiger partial charge in [0.2, 0.25) is 5.91 Å². The van der Waals surface area contributed by atoms with Crippen molar-refractivity contribution < 1.29 is 14.3 Å². The van der Waals surface area contributed by atoms with Crippen LogP contribution in [0.15, 0.2) is 29.4 Å². The topological polar surface area (TPSA) is 95.4 Å². The predicted molar refractivity (Wildman–Crippen MR) is 76.6 cm³/mol. The van der Waals surface area contributed by atoms with Crippen LogP contribution in [0.25, 0.3) is 10.4 Å². The van der Waals surface area contributed by atoms with Gasteiger partial charge in [0, 0.05) is 17.1 Å². The first-order valence-electron chi connectivity index (χ1n) is 6.46. The van der Waals surface area contributed by atoms with E-state index in [4.69, 9.17) is 10.3 Å². The van der Waals surface area contributed by atoms with Crippen LogP contribution in [0.2, 0.25) is 0 Å². The zero-order valence-electron chi connectivity index (χ0n) is 12.1. The lowest BCUT2D eigenvalue weighted by molar-refractivity contribution is -0.159. The van der Waals surface area contributed by atoms with Crippen LogP contribution >= 0.6 is 0 Å². The third kappa shape index (κ3) is 2.21. The Balaban J connectivity index is 2.40. The number of carbonyl (C=O) groups excluding carboxylic acids is 2. The van der Waals surface area contributed by atoms with Gasteiger partial charge in [-0.25, -0.2) is 4.79 Å². The normalized spacial score (nSPS) is 24.0. The van der Waals surface area contributed by atoms with Gasteiger partial charge in [-0.3, -0.25) is 9.69 Å². The standard InChI is InChI=1S/C14H16N4O3/c1-9-4-6-10(7-5-9)18-12(19)11(8-16-17-15)14(18,2)13(20)21-3/h4-7,11H,8H2,1-3H3. The number of β-lactam (4-membered cyclic amide) rings is 1. The number of anilines is 1. The number of aryl methyl sites for hydroxylation is 1. The molecule has 7 heteroatoms. The van der Waals surface area contributed by atoms with Crippen molar-refractivity contribution in [1.82, 2.24) is 0 Å². The minimum absolute atomic E-state index is 0.0662. The molecule has 0 aromatic heterocycles. The van der Waals surface area contributed by atoms with Crippen molar-refractivity contribution in [3.05, 3.63) is 40.3 Å². The maximum atomic E-state index is 12.3. The summed E-state index contributed by atoms with van der Waals surface area (Å²) in [5.41, 5.74) is 8.93. The number of azide groups is 1. The third-order valence-electron chi connectivity index (χ3n) is 3.88. The molecule has 1 amide bonds. The van der Waals surface area contributed by atoms with Crippen LogP contribution in [0.3, 0.4) is 0 Å². The average molecular weight is 288 g/mol. The Labute approximate surface area is 122 Å². The second-order valence-corrected chi connectivity index (χ2v) is 5.11. The maximum absolute atomic E-state index is 12.3. The summed E-state index contributed by atoms with van der Waals surface area (Å²) in [6.07, 6.45) is 0. The molecule has 2 atom stereocenters. The van der Waals surface area contributed by atoms with Gasteiger partial charge in [-0.2, -0.15) is 0 Å². The summed E-state index contributed by atoms with van der Waals surface area (Å²) in [4.78, 5) is 28.5. The van der Waals surface area contributed by atoms with Gasteiger partial charge in [-0.05, 0) is 31.5 Å². The van der Waals surface area contributed by atoms with E-state index in [9.17, 15) is 9.59 Å². The lowest BCUT2D eigenvalue weighted by atomic mass is 9.73. The van der Waals surface area contributed by atoms with E-state index >= 15 is 0 Å². The summed E-state index contributed by atoms with van der Waals surface area (Å²) in [6.45, 7) is 3.49. The van der Waals surface area contributed by atoms with Crippen LogP contribution in [0.1, 0.15) is 12.5 Å². The number of benzene rings is 1. The first-order valence-corrected chi connectivity index (χ1v) is 6.46. The van der Waals surface area contributed by atoms with Crippen LogP contribution in [0.5, 0.6) is 0 Å². The van der Waals surface area contributed by atoms with Crippen LogP contribution < -0.4 is 4.90 Å². The Hall–Kier alpha value is -2.53. The SMILES string of the molecule is COC(=O)C1(C)C(CN=[N+]=[N-])C(=O)N1c1ccc(C)cc1. The van der Waals surface area contributed by atoms with E-state index in [-0.39, 0.29) is 12.5 Å². The molecular weight excluding hydrogens is 272 g/mol. The largest absolute Gasteiger partial charge is 0.467 e. The minimum Gasteiger partial charge on any atom is -0.467 e. The van der Waals surface area contributed by atoms with Gasteiger partial charge in [0.05, 0.1) is 13.0 Å². The second kappa shape index (κ2) is 5.46. The predicted octanol–water partition coefficient (Wildman–Crippen LogP) is 2.20. The van der Waals surface area contributed by atoms with E-state index < -0.39 is 17.4 Å². The first kappa shape index (κ1) is 14.9. The van der Waals surface area contributed by atoms with Gasteiger partial charge in [0.15, 0.2) is 5.54 Å². The molecule has 1 heterocycles. The van der Waals surface area contributed by atoms with Crippen molar-refractivity contribution in [3.63, 3.8) is 0 Å². The second-order valence-electron chi connectivity index (χ2n) is 5.11. The highest BCUT2D eigenvalue weighted by molar-refractivity contribution is 6.13. The molecule has 21 heavy (non-hydrogen) atoms. The zero-order chi connectivity index (χ0) is 15.6. The summed E-state index contributed by atoms with van der Waals surface area (Å²) in [5.74, 6) is -1.48. The Morgan fingerprint density at radius 1 is 1.48 bits per heavy atom. The van der Waals surface area contributed by atoms with Gasteiger partial charge in [0.25, 0.3) is 0 Å². The fourth-order valence-corrected chi connectivity index (χ4v) is 2.62. The number of rotatable bonds is 4. The monoisotopic (exact) mass is 288 g/mol. The quantitative estimate of drug-likeness (QED) is 0.279. The van der Waals surface area contributed by atoms with Gasteiger partial charge >= 0.3 is 5.97 Å². The minimum atomic E-state index is -1.16. The molecule has 110 valence electrons. The van der Waals surface area contributed by atoms with Crippen LogP contribution in [0.4, 0.5) is 5.69 Å². The average Bonchev–Trinajstić information content (AvgIpc) is 2.48. The zero-order valence-corrected chi connectivity index (χ0v) is 12.1. The molecule has 1 aromatic carbocycles. The lowest BCUT2D eigenvalue weighted by Crippen LogP contribution is -2.74. The number of amides is 1. The maximum Gasteiger partial charge on any atom is 0.332 e. The van der Waals surface area contributed by atoms with E-state index in [1.165, 1.54) is 12.0 Å². The van der Waals surface area contributed by atoms with E-state index in [1.807, 2.05) is 19.1 Å². The first-order chi connectivity index (χ1) is 9.96. The van der Waals surface area contributed by atoms with Crippen molar-refractivity contribution >= 4 is 17.6 Å². The molecule has 0 radical (unpaired) electrons. The van der Waals surface area contributed by atoms with Crippen molar-refractivity contribution in [2.24, 2.45) is 11.0 Å². The number of ether oxygens (including phenoxy) is 1. The van der Waals surface area contributed by atoms with Gasteiger partial charge in [0.1, 0.15) is 0 Å². The summed E-state index contributed by atoms with van der Waals surface area (Å²) in [6, 6.07) is 7.28. The van der Waals surface area contributed by atoms with Crippen LogP contribution in [-0.2, 0) is 14.3 Å². The Morgan fingerprint density at radius 2 is 2.10 bits per heavy atom. The van der Waals surface area contributed by atoms with Crippen molar-refractivity contribution in [2.45, 2.75) is 19.4 Å². The highest BCUT2D eigenvalue weighted by Gasteiger charge is 2.62. The fourth-order valence-electron chi connectivity index (χ4n) is 2.62. The molecule has 1 aromatic rings. The summed E-state index contributed by atoms with van der Waals surface area (Å²) < 4.78 is 4.82. The number of esters is 1. The smallest absolute Gasteiger partial charge is 0.332 e. The van der Waals surface area contributed by atoms with E-state index in [2.05, 4.69) is 10.0 Å². The van der Waals surface area contributed by atoms with E-state index in [1.54, 1.807) is 19.1 Å². The highest BCUT2D eigenvalue weighted by atomic mass is 16.5. The summed E-state index contributed by atoms with van der Waals surface area (Å²) in [5, 5.41) is 3.42. The number of hydrogen-bond donors (Lipinski definition) is 0. The van der Waals surface area contributed by atoms with Crippen molar-refractivity contribution in [3.8, 4) is 0 Å². The number of methoxy groups -OCH3 is 1. The highest BCUT2D eigenvalue weighted by Crippen LogP contribution is 2.42.